The molecule has 4 N–H and O–H groups in total. The number of benzene rings is 6. The summed E-state index contributed by atoms with van der Waals surface area (Å²) in [6, 6.07) is 36.8. The van der Waals surface area contributed by atoms with E-state index < -0.39 is 115 Å². The van der Waals surface area contributed by atoms with Gasteiger partial charge in [0.25, 0.3) is 29.5 Å². The Kier molecular flexibility index (Phi) is 29.8. The number of amides is 8. The van der Waals surface area contributed by atoms with Crippen molar-refractivity contribution < 1.29 is 93.1 Å². The molecule has 3 fully saturated rings. The van der Waals surface area contributed by atoms with Crippen LogP contribution in [0.3, 0.4) is 0 Å². The number of fused-ring (bicyclic) bond motifs is 6. The molecule has 6 aliphatic rings. The zero-order valence-corrected chi connectivity index (χ0v) is 76.8. The Morgan fingerprint density at radius 1 is 0.417 bits per heavy atom. The number of rotatable bonds is 17. The molecule has 3 unspecified atom stereocenters. The molecule has 36 heteroatoms. The Balaban J connectivity index is 0.000000171. The lowest BCUT2D eigenvalue weighted by Crippen LogP contribution is -2.56. The van der Waals surface area contributed by atoms with E-state index in [0.717, 1.165) is 34.9 Å². The summed E-state index contributed by atoms with van der Waals surface area (Å²) in [5.41, 5.74) is 0.954. The minimum atomic E-state index is -0.897. The third-order valence-corrected chi connectivity index (χ3v) is 23.3. The maximum absolute atomic E-state index is 14.3. The molecule has 9 aromatic rings. The minimum Gasteiger partial charge on any atom is -0.483 e. The Morgan fingerprint density at radius 3 is 1.05 bits per heavy atom. The van der Waals surface area contributed by atoms with Crippen LogP contribution in [0.2, 0.25) is 0 Å². The predicted molar refractivity (Wildman–Crippen MR) is 478 cm³/mol. The van der Waals surface area contributed by atoms with Gasteiger partial charge in [0.15, 0.2) is 34.3 Å². The second-order valence-corrected chi connectivity index (χ2v) is 36.9. The summed E-state index contributed by atoms with van der Waals surface area (Å²) in [6.07, 6.45) is 4.30. The first-order valence-corrected chi connectivity index (χ1v) is 43.5. The summed E-state index contributed by atoms with van der Waals surface area (Å²) < 4.78 is 120. The summed E-state index contributed by atoms with van der Waals surface area (Å²) in [4.78, 5) is 157. The molecule has 0 radical (unpaired) electrons. The van der Waals surface area contributed by atoms with Gasteiger partial charge in [0.2, 0.25) is 16.3 Å². The van der Waals surface area contributed by atoms with Crippen molar-refractivity contribution in [1.82, 2.24) is 53.7 Å². The smallest absolute Gasteiger partial charge is 0.410 e. The molecule has 3 spiro atoms. The topological polar surface area (TPSA) is 327 Å². The molecule has 3 aromatic heterocycles. The first-order chi connectivity index (χ1) is 62.3. The van der Waals surface area contributed by atoms with E-state index in [0.29, 0.717) is 80.7 Å². The maximum Gasteiger partial charge on any atom is 0.410 e. The second-order valence-electron chi connectivity index (χ2n) is 36.1. The Labute approximate surface area is 766 Å². The number of ether oxygens (including phenoxy) is 6. The van der Waals surface area contributed by atoms with Gasteiger partial charge in [-0.2, -0.15) is 0 Å². The van der Waals surface area contributed by atoms with Gasteiger partial charge in [-0.25, -0.2) is 40.7 Å². The Hall–Kier alpha value is -13.3. The first kappa shape index (κ1) is 97.8. The fraction of sp³-hybridized carbons (Fsp3) is 0.385. The lowest BCUT2D eigenvalue weighted by Gasteiger charge is -2.43. The average molecular weight is 1890 g/mol. The largest absolute Gasteiger partial charge is 0.483 e. The lowest BCUT2D eigenvalue weighted by atomic mass is 9.92. The van der Waals surface area contributed by atoms with Crippen molar-refractivity contribution in [1.29, 1.82) is 0 Å². The monoisotopic (exact) mass is 1890 g/mol. The molecule has 3 saturated heterocycles. The number of likely N-dealkylation sites (tertiary alicyclic amines) is 3. The van der Waals surface area contributed by atoms with E-state index in [1.54, 1.807) is 139 Å². The molecule has 29 nitrogen and oxygen atoms in total. The van der Waals surface area contributed by atoms with Gasteiger partial charge >= 0.3 is 18.3 Å². The van der Waals surface area contributed by atoms with E-state index in [4.69, 9.17) is 34.2 Å². The van der Waals surface area contributed by atoms with E-state index >= 15 is 0 Å². The van der Waals surface area contributed by atoms with Crippen molar-refractivity contribution in [2.75, 3.05) is 79.5 Å². The number of nitrogens with zero attached hydrogens (tertiary/aromatic N) is 9. The van der Waals surface area contributed by atoms with Crippen LogP contribution in [0.5, 0.6) is 17.2 Å². The van der Waals surface area contributed by atoms with Crippen LogP contribution in [0.1, 0.15) is 174 Å². The van der Waals surface area contributed by atoms with Crippen molar-refractivity contribution in [3.8, 4) is 17.2 Å². The van der Waals surface area contributed by atoms with Crippen molar-refractivity contribution >= 4 is 63.7 Å². The van der Waals surface area contributed by atoms with Crippen molar-refractivity contribution in [2.24, 2.45) is 5.73 Å². The predicted octanol–water partition coefficient (Wildman–Crippen LogP) is 13.5. The quantitative estimate of drug-likeness (QED) is 0.0563. The van der Waals surface area contributed by atoms with E-state index in [1.807, 2.05) is 74.7 Å². The summed E-state index contributed by atoms with van der Waals surface area (Å²) in [5, 5.41) is 5.05. The Morgan fingerprint density at radius 2 is 0.727 bits per heavy atom. The number of aromatic nitrogens is 3. The molecule has 6 aliphatic heterocycles. The SMILES string of the molecule is CCN1CC2(CCN(C(=O)OC(C)(C)C)C2)n2cc(Br)c(=O)c(OCc3ccccc3)c2C1=O.CN1CC2(CCN(C(=O)OC(C)(C)C)C2)n2cc(C(=O)NCc3ccc(F)cc3F)c(=O)c(OCc3ccccc3)c2C1=O.CN1CC2(CCN(C(=O)OC(C)(C)C)C2)n2cc(C(=O)NCc3ccc(F)cc3F)c(=O)c(OCc3ccccc3)c2C1=O.NCc1ccc(F)cc1F. The third-order valence-electron chi connectivity index (χ3n) is 22.8. The van der Waals surface area contributed by atoms with Crippen LogP contribution in [-0.2, 0) is 70.3 Å². The highest BCUT2D eigenvalue weighted by Gasteiger charge is 2.54. The fourth-order valence-corrected chi connectivity index (χ4v) is 16.8. The molecule has 0 saturated carbocycles. The summed E-state index contributed by atoms with van der Waals surface area (Å²) in [5.74, 6) is -7.83. The summed E-state index contributed by atoms with van der Waals surface area (Å²) in [6.45, 7) is 20.6. The lowest BCUT2D eigenvalue weighted by molar-refractivity contribution is 0.0243. The second kappa shape index (κ2) is 40.2. The average Bonchev–Trinajstić information content (AvgIpc) is 1.38. The van der Waals surface area contributed by atoms with Gasteiger partial charge in [-0.15, -0.1) is 0 Å². The number of likely N-dealkylation sites (N-methyl/N-ethyl adjacent to an activating group) is 3. The van der Waals surface area contributed by atoms with E-state index in [-0.39, 0.29) is 140 Å². The molecule has 8 amide bonds. The Bertz CT molecular complexity index is 5820. The molecule has 700 valence electrons. The number of nitrogens with two attached hydrogens (primary N) is 1. The van der Waals surface area contributed by atoms with Crippen LogP contribution < -0.4 is 46.9 Å². The highest BCUT2D eigenvalue weighted by atomic mass is 79.9. The van der Waals surface area contributed by atoms with Crippen molar-refractivity contribution in [3.63, 3.8) is 0 Å². The molecule has 3 atom stereocenters. The van der Waals surface area contributed by atoms with Crippen molar-refractivity contribution in [2.45, 2.75) is 161 Å². The summed E-state index contributed by atoms with van der Waals surface area (Å²) in [7, 11) is 3.21. The standard InChI is InChI=1S/2C32H34F2N4O6.C25H30BrN3O5.C7H7F2N/c2*1-31(2,3)44-30(42)37-13-12-32(19-37)18-36(4)29(41)25-27(43-17-20-8-6-5-7-9-20)26(39)23(16-38(25)32)28(40)35-15-21-10-11-22(33)14-24(21)34;1-5-27-15-25(11-12-28(16-25)23(32)34-24(2,3)4)29-13-18(26)20(30)21(19(29)22(27)31)33-14-17-9-7-6-8-10-17;8-6-2-1-5(4-10)7(9)3-6/h2*5-11,14,16H,12-13,15,17-19H2,1-4H3,(H,35,40);6-10,13H,5,11-12,14-16H2,1-4H3;1-3H,4,10H2. The van der Waals surface area contributed by atoms with Crippen LogP contribution in [0.4, 0.5) is 40.7 Å². The van der Waals surface area contributed by atoms with Gasteiger partial charge in [0.1, 0.15) is 82.7 Å². The van der Waals surface area contributed by atoms with Crippen molar-refractivity contribution in [3.05, 3.63) is 296 Å². The molecule has 15 rings (SSSR count). The van der Waals surface area contributed by atoms with E-state index in [2.05, 4.69) is 26.6 Å². The summed E-state index contributed by atoms with van der Waals surface area (Å²) >= 11 is 3.37. The van der Waals surface area contributed by atoms with Crippen LogP contribution in [0.15, 0.2) is 183 Å². The van der Waals surface area contributed by atoms with Gasteiger partial charge in [0.05, 0.1) is 21.1 Å². The third kappa shape index (κ3) is 22.5. The fourth-order valence-electron chi connectivity index (χ4n) is 16.4. The normalized spacial score (nSPS) is 17.8. The first-order valence-electron chi connectivity index (χ1n) is 42.7. The maximum atomic E-state index is 14.3. The minimum absolute atomic E-state index is 0.0235. The number of hydrogen-bond donors (Lipinski definition) is 3. The molecule has 9 heterocycles. The molecule has 132 heavy (non-hydrogen) atoms. The van der Waals surface area contributed by atoms with Crippen LogP contribution in [0.25, 0.3) is 0 Å². The van der Waals surface area contributed by atoms with Crippen LogP contribution >= 0.6 is 15.9 Å². The molecule has 0 aliphatic carbocycles. The zero-order valence-electron chi connectivity index (χ0n) is 75.2. The highest BCUT2D eigenvalue weighted by Crippen LogP contribution is 2.43. The number of nitrogens with one attached hydrogen (secondary N) is 2. The molecular formula is C96H105BrF6N12O17. The van der Waals surface area contributed by atoms with Crippen LogP contribution in [0, 0.1) is 34.9 Å². The van der Waals surface area contributed by atoms with Gasteiger partial charge in [0, 0.05) is 153 Å². The van der Waals surface area contributed by atoms with Gasteiger partial charge in [-0.3, -0.25) is 38.4 Å². The highest BCUT2D eigenvalue weighted by molar-refractivity contribution is 9.10. The van der Waals surface area contributed by atoms with Gasteiger partial charge in [-0.05, 0) is 139 Å². The molecule has 6 aromatic carbocycles. The van der Waals surface area contributed by atoms with Gasteiger partial charge < -0.3 is 87.9 Å². The number of carbonyl (C=O) groups excluding carboxylic acids is 8. The molecule has 0 bridgehead atoms. The zero-order chi connectivity index (χ0) is 95.9. The van der Waals surface area contributed by atoms with E-state index in [9.17, 15) is 79.1 Å². The number of pyridine rings is 3. The van der Waals surface area contributed by atoms with Gasteiger partial charge in [-0.1, -0.05) is 109 Å². The molecular weight excluding hydrogens is 1790 g/mol. The number of halogens is 7. The number of hydrogen-bond acceptors (Lipinski definition) is 18. The van der Waals surface area contributed by atoms with E-state index in [1.165, 1.54) is 46.5 Å². The number of carbonyl (C=O) groups is 8. The van der Waals surface area contributed by atoms with Crippen LogP contribution in [-0.4, -0.2) is 187 Å².